The van der Waals surface area contributed by atoms with Crippen LogP contribution in [0.5, 0.6) is 0 Å². The smallest absolute Gasteiger partial charge is 0.399 e. The van der Waals surface area contributed by atoms with E-state index in [1.165, 1.54) is 6.07 Å². The van der Waals surface area contributed by atoms with Crippen LogP contribution < -0.4 is 4.90 Å². The molecule has 0 spiro atoms. The van der Waals surface area contributed by atoms with Gasteiger partial charge in [0.2, 0.25) is 5.91 Å². The van der Waals surface area contributed by atoms with Gasteiger partial charge in [-0.3, -0.25) is 4.79 Å². The van der Waals surface area contributed by atoms with Gasteiger partial charge in [-0.25, -0.2) is 4.79 Å². The molecule has 5 rings (SSSR count). The molecule has 4 fully saturated rings. The van der Waals surface area contributed by atoms with Crippen LogP contribution in [0.2, 0.25) is 0 Å². The highest BCUT2D eigenvalue weighted by molar-refractivity contribution is 7.14. The lowest BCUT2D eigenvalue weighted by molar-refractivity contribution is -0.159. The fourth-order valence-electron chi connectivity index (χ4n) is 6.27. The van der Waals surface area contributed by atoms with E-state index in [0.717, 1.165) is 44.9 Å². The van der Waals surface area contributed by atoms with Crippen LogP contribution in [0.1, 0.15) is 92.1 Å². The Morgan fingerprint density at radius 3 is 2.27 bits per heavy atom. The summed E-state index contributed by atoms with van der Waals surface area (Å²) in [6.07, 6.45) is 2.45. The number of carbonyl (C=O) groups is 2. The van der Waals surface area contributed by atoms with Crippen molar-refractivity contribution < 1.29 is 37.3 Å². The highest BCUT2D eigenvalue weighted by atomic mass is 32.1. The number of carboxylic acid groups (broad SMARTS) is 1. The first-order valence-electron chi connectivity index (χ1n) is 13.6. The molecule has 1 atom stereocenters. The molecule has 1 amide bonds. The number of ether oxygens (including phenoxy) is 2. The first-order valence-corrected chi connectivity index (χ1v) is 14.4. The highest BCUT2D eigenvalue weighted by Crippen LogP contribution is 2.61. The number of rotatable bonds is 7. The van der Waals surface area contributed by atoms with E-state index in [1.54, 1.807) is 4.90 Å². The predicted molar refractivity (Wildman–Crippen MR) is 133 cm³/mol. The Kier molecular flexibility index (Phi) is 7.64. The van der Waals surface area contributed by atoms with Crippen LogP contribution >= 0.6 is 11.3 Å². The van der Waals surface area contributed by atoms with Crippen molar-refractivity contribution in [2.45, 2.75) is 107 Å². The van der Waals surface area contributed by atoms with Gasteiger partial charge in [0.1, 0.15) is 10.3 Å². The van der Waals surface area contributed by atoms with Crippen molar-refractivity contribution in [2.75, 3.05) is 18.1 Å². The van der Waals surface area contributed by atoms with Crippen LogP contribution in [0.3, 0.4) is 0 Å². The maximum absolute atomic E-state index is 14.0. The van der Waals surface area contributed by atoms with Gasteiger partial charge in [0.25, 0.3) is 0 Å². The van der Waals surface area contributed by atoms with Gasteiger partial charge in [0.15, 0.2) is 0 Å². The first kappa shape index (κ1) is 26.9. The summed E-state index contributed by atoms with van der Waals surface area (Å²) in [4.78, 5) is 27.7. The number of carbonyl (C=O) groups excluding carboxylic acids is 1. The zero-order chi connectivity index (χ0) is 26.4. The van der Waals surface area contributed by atoms with Crippen molar-refractivity contribution in [3.63, 3.8) is 0 Å². The summed E-state index contributed by atoms with van der Waals surface area (Å²) in [5.41, 5.74) is -1.83. The van der Waals surface area contributed by atoms with E-state index in [0.29, 0.717) is 43.3 Å². The maximum Gasteiger partial charge on any atom is 0.399 e. The van der Waals surface area contributed by atoms with Crippen molar-refractivity contribution >= 4 is 28.9 Å². The number of alkyl halides is 3. The second-order valence-electron chi connectivity index (χ2n) is 11.4. The zero-order valence-corrected chi connectivity index (χ0v) is 22.0. The Hall–Kier alpha value is -1.65. The van der Waals surface area contributed by atoms with E-state index in [2.05, 4.69) is 6.92 Å². The molecule has 0 aromatic carbocycles. The van der Waals surface area contributed by atoms with Crippen LogP contribution in [0, 0.1) is 11.8 Å². The molecule has 0 radical (unpaired) electrons. The third-order valence-corrected chi connectivity index (χ3v) is 10.1. The van der Waals surface area contributed by atoms with Crippen LogP contribution in [0.15, 0.2) is 6.07 Å². The Morgan fingerprint density at radius 1 is 1.05 bits per heavy atom. The molecule has 10 heteroatoms. The summed E-state index contributed by atoms with van der Waals surface area (Å²) in [7, 11) is 0. The molecule has 2 heterocycles. The summed E-state index contributed by atoms with van der Waals surface area (Å²) in [6.45, 7) is 3.44. The van der Waals surface area contributed by atoms with Crippen molar-refractivity contribution in [1.82, 2.24) is 0 Å². The van der Waals surface area contributed by atoms with Crippen LogP contribution in [0.25, 0.3) is 0 Å². The monoisotopic (exact) mass is 543 g/mol. The SMILES string of the molecule is C[C@H]1CC[C@H](C(=O)N(c2cc(C3(C(F)(F)F)CC3)sc2C(=O)O)[C@H]2CC[C@@H](OC3CCOC3)CC2)CC1. The molecule has 3 saturated carbocycles. The topological polar surface area (TPSA) is 76.1 Å². The van der Waals surface area contributed by atoms with Crippen LogP contribution in [-0.4, -0.2) is 54.6 Å². The van der Waals surface area contributed by atoms with E-state index in [1.807, 2.05) is 0 Å². The quantitative estimate of drug-likeness (QED) is 0.436. The van der Waals surface area contributed by atoms with Gasteiger partial charge in [-0.05, 0) is 82.6 Å². The maximum atomic E-state index is 14.0. The second-order valence-corrected chi connectivity index (χ2v) is 12.5. The number of hydrogen-bond acceptors (Lipinski definition) is 5. The molecular formula is C27H36F3NO5S. The fraction of sp³-hybridized carbons (Fsp3) is 0.778. The number of thiophene rings is 1. The standard InChI is InChI=1S/C27H36F3NO5S/c1-16-2-4-17(5-3-16)24(32)31(18-6-8-19(9-7-18)36-20-10-13-35-15-20)21-14-22(37-23(21)25(33)34)26(11-12-26)27(28,29)30/h14,16-20H,2-13,15H2,1H3,(H,33,34)/t16-,17-,18-,19+,20?. The average Bonchev–Trinajstić information content (AvgIpc) is 3.32. The van der Waals surface area contributed by atoms with Crippen molar-refractivity contribution in [2.24, 2.45) is 11.8 Å². The molecule has 1 aliphatic heterocycles. The summed E-state index contributed by atoms with van der Waals surface area (Å²) in [5.74, 6) is -1.11. The Bertz CT molecular complexity index is 985. The molecule has 1 aromatic heterocycles. The van der Waals surface area contributed by atoms with Crippen LogP contribution in [0.4, 0.5) is 18.9 Å². The third kappa shape index (κ3) is 5.43. The predicted octanol–water partition coefficient (Wildman–Crippen LogP) is 6.32. The van der Waals surface area contributed by atoms with E-state index >= 15 is 0 Å². The number of aromatic carboxylic acids is 1. The van der Waals surface area contributed by atoms with Gasteiger partial charge < -0.3 is 19.5 Å². The summed E-state index contributed by atoms with van der Waals surface area (Å²) >= 11 is 0.691. The molecule has 1 N–H and O–H groups in total. The lowest BCUT2D eigenvalue weighted by Crippen LogP contribution is -2.47. The average molecular weight is 544 g/mol. The van der Waals surface area contributed by atoms with Gasteiger partial charge in [0.05, 0.1) is 24.5 Å². The highest BCUT2D eigenvalue weighted by Gasteiger charge is 2.65. The largest absolute Gasteiger partial charge is 0.477 e. The van der Waals surface area contributed by atoms with Crippen LogP contribution in [-0.2, 0) is 19.7 Å². The van der Waals surface area contributed by atoms with Crippen molar-refractivity contribution in [3.05, 3.63) is 15.8 Å². The third-order valence-electron chi connectivity index (χ3n) is 8.81. The van der Waals surface area contributed by atoms with E-state index in [9.17, 15) is 27.9 Å². The molecule has 1 unspecified atom stereocenters. The summed E-state index contributed by atoms with van der Waals surface area (Å²) < 4.78 is 53.4. The molecular weight excluding hydrogens is 507 g/mol. The zero-order valence-electron chi connectivity index (χ0n) is 21.2. The lowest BCUT2D eigenvalue weighted by Gasteiger charge is -2.40. The minimum Gasteiger partial charge on any atom is -0.477 e. The number of carboxylic acids is 1. The van der Waals surface area contributed by atoms with E-state index < -0.39 is 17.6 Å². The Morgan fingerprint density at radius 2 is 1.73 bits per heavy atom. The first-order chi connectivity index (χ1) is 17.6. The number of amides is 1. The van der Waals surface area contributed by atoms with Gasteiger partial charge >= 0.3 is 12.1 Å². The molecule has 4 aliphatic rings. The molecule has 3 aliphatic carbocycles. The molecule has 1 aromatic rings. The number of anilines is 1. The van der Waals surface area contributed by atoms with E-state index in [-0.39, 0.29) is 58.4 Å². The Labute approximate surface area is 219 Å². The normalized spacial score (nSPS) is 31.7. The number of nitrogens with zero attached hydrogens (tertiary/aromatic N) is 1. The van der Waals surface area contributed by atoms with Gasteiger partial charge in [-0.2, -0.15) is 13.2 Å². The minimum atomic E-state index is -4.45. The summed E-state index contributed by atoms with van der Waals surface area (Å²) in [6, 6.07) is 1.12. The van der Waals surface area contributed by atoms with Gasteiger partial charge in [0, 0.05) is 23.4 Å². The van der Waals surface area contributed by atoms with Crippen molar-refractivity contribution in [1.29, 1.82) is 0 Å². The van der Waals surface area contributed by atoms with E-state index in [4.69, 9.17) is 9.47 Å². The molecule has 1 saturated heterocycles. The minimum absolute atomic E-state index is 0.0146. The number of halogens is 3. The molecule has 206 valence electrons. The molecule has 6 nitrogen and oxygen atoms in total. The number of hydrogen-bond donors (Lipinski definition) is 1. The Balaban J connectivity index is 1.43. The van der Waals surface area contributed by atoms with Crippen molar-refractivity contribution in [3.8, 4) is 0 Å². The molecule has 0 bridgehead atoms. The van der Waals surface area contributed by atoms with Gasteiger partial charge in [-0.15, -0.1) is 11.3 Å². The second kappa shape index (κ2) is 10.5. The fourth-order valence-corrected chi connectivity index (χ4v) is 7.53. The molecule has 37 heavy (non-hydrogen) atoms. The summed E-state index contributed by atoms with van der Waals surface area (Å²) in [5, 5.41) is 10.0. The van der Waals surface area contributed by atoms with Gasteiger partial charge in [-0.1, -0.05) is 6.92 Å². The lowest BCUT2D eigenvalue weighted by atomic mass is 9.81.